The summed E-state index contributed by atoms with van der Waals surface area (Å²) < 4.78 is 0. The van der Waals surface area contributed by atoms with Crippen molar-refractivity contribution < 1.29 is 0 Å². The van der Waals surface area contributed by atoms with E-state index in [1.807, 2.05) is 11.3 Å². The molecule has 1 atom stereocenters. The number of hydrogen-bond donors (Lipinski definition) is 1. The predicted molar refractivity (Wildman–Crippen MR) is 91.3 cm³/mol. The summed E-state index contributed by atoms with van der Waals surface area (Å²) in [5.41, 5.74) is 1.71. The molecule has 21 heavy (non-hydrogen) atoms. The second kappa shape index (κ2) is 5.88. The standard InChI is InChI=1S/C17H29N3S/c1-5-9-18-13-10-17(2,3)11-14-15(13)21-16(19-14)20(4)12-7-6-8-12/h12-13,18H,5-11H2,1-4H3. The van der Waals surface area contributed by atoms with Crippen LogP contribution in [0.25, 0.3) is 0 Å². The van der Waals surface area contributed by atoms with Gasteiger partial charge in [-0.2, -0.15) is 0 Å². The van der Waals surface area contributed by atoms with Crippen LogP contribution in [0.15, 0.2) is 0 Å². The Bertz CT molecular complexity index is 490. The molecule has 2 aliphatic carbocycles. The second-order valence-corrected chi connectivity index (χ2v) is 8.56. The molecule has 0 amide bonds. The van der Waals surface area contributed by atoms with Crippen molar-refractivity contribution in [1.82, 2.24) is 10.3 Å². The summed E-state index contributed by atoms with van der Waals surface area (Å²) in [6, 6.07) is 1.23. The number of nitrogens with zero attached hydrogens (tertiary/aromatic N) is 2. The van der Waals surface area contributed by atoms with E-state index in [1.165, 1.54) is 47.8 Å². The summed E-state index contributed by atoms with van der Waals surface area (Å²) >= 11 is 1.93. The van der Waals surface area contributed by atoms with E-state index in [1.54, 1.807) is 0 Å². The number of fused-ring (bicyclic) bond motifs is 1. The van der Waals surface area contributed by atoms with E-state index < -0.39 is 0 Å². The minimum atomic E-state index is 0.360. The van der Waals surface area contributed by atoms with Crippen molar-refractivity contribution >= 4 is 16.5 Å². The lowest BCUT2D eigenvalue weighted by Crippen LogP contribution is -2.37. The average Bonchev–Trinajstić information content (AvgIpc) is 2.76. The van der Waals surface area contributed by atoms with E-state index >= 15 is 0 Å². The first-order chi connectivity index (χ1) is 10.00. The van der Waals surface area contributed by atoms with Gasteiger partial charge in [-0.1, -0.05) is 32.1 Å². The fraction of sp³-hybridized carbons (Fsp3) is 0.824. The van der Waals surface area contributed by atoms with Gasteiger partial charge in [0.2, 0.25) is 0 Å². The molecule has 0 saturated heterocycles. The lowest BCUT2D eigenvalue weighted by atomic mass is 9.76. The molecule has 4 heteroatoms. The summed E-state index contributed by atoms with van der Waals surface area (Å²) in [5, 5.41) is 4.99. The molecule has 0 spiro atoms. The van der Waals surface area contributed by atoms with E-state index in [0.29, 0.717) is 11.5 Å². The SMILES string of the molecule is CCCNC1CC(C)(C)Cc2nc(N(C)C3CCC3)sc21. The van der Waals surface area contributed by atoms with Crippen LogP contribution in [0, 0.1) is 5.41 Å². The molecule has 0 aromatic carbocycles. The van der Waals surface area contributed by atoms with E-state index in [9.17, 15) is 0 Å². The fourth-order valence-corrected chi connectivity index (χ4v) is 4.67. The molecule has 3 nitrogen and oxygen atoms in total. The zero-order valence-electron chi connectivity index (χ0n) is 13.9. The van der Waals surface area contributed by atoms with Crippen molar-refractivity contribution in [2.45, 2.75) is 71.4 Å². The number of rotatable bonds is 5. The van der Waals surface area contributed by atoms with Crippen LogP contribution in [0.5, 0.6) is 0 Å². The second-order valence-electron chi connectivity index (χ2n) is 7.55. The van der Waals surface area contributed by atoms with Crippen LogP contribution in [0.4, 0.5) is 5.13 Å². The van der Waals surface area contributed by atoms with Crippen molar-refractivity contribution in [3.63, 3.8) is 0 Å². The van der Waals surface area contributed by atoms with E-state index in [-0.39, 0.29) is 0 Å². The number of anilines is 1. The summed E-state index contributed by atoms with van der Waals surface area (Å²) in [6.07, 6.45) is 7.61. The molecule has 1 heterocycles. The quantitative estimate of drug-likeness (QED) is 0.886. The van der Waals surface area contributed by atoms with Crippen molar-refractivity contribution in [3.8, 4) is 0 Å². The Balaban J connectivity index is 1.83. The normalized spacial score (nSPS) is 24.5. The zero-order valence-corrected chi connectivity index (χ0v) is 14.7. The Morgan fingerprint density at radius 3 is 2.76 bits per heavy atom. The van der Waals surface area contributed by atoms with Gasteiger partial charge in [-0.15, -0.1) is 0 Å². The summed E-state index contributed by atoms with van der Waals surface area (Å²) in [4.78, 5) is 8.94. The molecule has 1 aromatic heterocycles. The maximum atomic E-state index is 5.01. The van der Waals surface area contributed by atoms with Gasteiger partial charge in [0, 0.05) is 24.0 Å². The zero-order chi connectivity index (χ0) is 15.0. The number of aromatic nitrogens is 1. The van der Waals surface area contributed by atoms with Gasteiger partial charge in [-0.05, 0) is 50.5 Å². The average molecular weight is 308 g/mol. The highest BCUT2D eigenvalue weighted by Crippen LogP contribution is 2.45. The monoisotopic (exact) mass is 307 g/mol. The van der Waals surface area contributed by atoms with Crippen LogP contribution < -0.4 is 10.2 Å². The highest BCUT2D eigenvalue weighted by molar-refractivity contribution is 7.15. The predicted octanol–water partition coefficient (Wildman–Crippen LogP) is 4.14. The van der Waals surface area contributed by atoms with Crippen molar-refractivity contribution in [1.29, 1.82) is 0 Å². The van der Waals surface area contributed by atoms with Crippen molar-refractivity contribution in [2.24, 2.45) is 5.41 Å². The third-order valence-electron chi connectivity index (χ3n) is 5.00. The lowest BCUT2D eigenvalue weighted by molar-refractivity contribution is 0.258. The van der Waals surface area contributed by atoms with E-state index in [4.69, 9.17) is 4.98 Å². The highest BCUT2D eigenvalue weighted by Gasteiger charge is 2.36. The molecular formula is C17H29N3S. The topological polar surface area (TPSA) is 28.2 Å². The third-order valence-corrected chi connectivity index (χ3v) is 6.30. The molecule has 0 bridgehead atoms. The van der Waals surface area contributed by atoms with Crippen LogP contribution in [0.2, 0.25) is 0 Å². The van der Waals surface area contributed by atoms with Crippen LogP contribution in [0.1, 0.15) is 69.5 Å². The Morgan fingerprint density at radius 2 is 2.14 bits per heavy atom. The molecule has 3 rings (SSSR count). The highest BCUT2D eigenvalue weighted by atomic mass is 32.1. The van der Waals surface area contributed by atoms with Gasteiger partial charge in [0.05, 0.1) is 5.69 Å². The minimum absolute atomic E-state index is 0.360. The van der Waals surface area contributed by atoms with Gasteiger partial charge in [0.15, 0.2) is 5.13 Å². The van der Waals surface area contributed by atoms with E-state index in [0.717, 1.165) is 19.0 Å². The van der Waals surface area contributed by atoms with Crippen LogP contribution >= 0.6 is 11.3 Å². The summed E-state index contributed by atoms with van der Waals surface area (Å²) in [6.45, 7) is 8.10. The Kier molecular flexibility index (Phi) is 4.28. The Labute approximate surface area is 133 Å². The summed E-state index contributed by atoms with van der Waals surface area (Å²) in [7, 11) is 2.23. The smallest absolute Gasteiger partial charge is 0.185 e. The van der Waals surface area contributed by atoms with Crippen LogP contribution in [0.3, 0.4) is 0 Å². The van der Waals surface area contributed by atoms with Gasteiger partial charge in [-0.3, -0.25) is 0 Å². The largest absolute Gasteiger partial charge is 0.348 e. The van der Waals surface area contributed by atoms with Gasteiger partial charge >= 0.3 is 0 Å². The molecule has 118 valence electrons. The van der Waals surface area contributed by atoms with Crippen molar-refractivity contribution in [3.05, 3.63) is 10.6 Å². The molecule has 1 saturated carbocycles. The summed E-state index contributed by atoms with van der Waals surface area (Å²) in [5.74, 6) is 0. The van der Waals surface area contributed by atoms with Crippen molar-refractivity contribution in [2.75, 3.05) is 18.5 Å². The van der Waals surface area contributed by atoms with Gasteiger partial charge in [0.25, 0.3) is 0 Å². The lowest BCUT2D eigenvalue weighted by Gasteiger charge is -2.34. The number of hydrogen-bond acceptors (Lipinski definition) is 4. The van der Waals surface area contributed by atoms with Gasteiger partial charge in [0.1, 0.15) is 0 Å². The first-order valence-electron chi connectivity index (χ1n) is 8.46. The Hall–Kier alpha value is -0.610. The maximum Gasteiger partial charge on any atom is 0.185 e. The maximum absolute atomic E-state index is 5.01. The molecule has 0 aliphatic heterocycles. The molecular weight excluding hydrogens is 278 g/mol. The van der Waals surface area contributed by atoms with Gasteiger partial charge in [-0.25, -0.2) is 4.98 Å². The molecule has 2 aliphatic rings. The number of nitrogens with one attached hydrogen (secondary N) is 1. The van der Waals surface area contributed by atoms with Crippen LogP contribution in [-0.4, -0.2) is 24.6 Å². The van der Waals surface area contributed by atoms with Gasteiger partial charge < -0.3 is 10.2 Å². The van der Waals surface area contributed by atoms with E-state index in [2.05, 4.69) is 38.0 Å². The molecule has 1 aromatic rings. The Morgan fingerprint density at radius 1 is 1.38 bits per heavy atom. The minimum Gasteiger partial charge on any atom is -0.348 e. The number of thiazole rings is 1. The first kappa shape index (κ1) is 15.3. The molecule has 0 radical (unpaired) electrons. The fourth-order valence-electron chi connectivity index (χ4n) is 3.48. The van der Waals surface area contributed by atoms with Crippen LogP contribution in [-0.2, 0) is 6.42 Å². The molecule has 1 fully saturated rings. The third kappa shape index (κ3) is 3.11. The molecule has 1 unspecified atom stereocenters. The first-order valence-corrected chi connectivity index (χ1v) is 9.27. The molecule has 1 N–H and O–H groups in total.